The molecule has 1 heterocycles. The van der Waals surface area contributed by atoms with Crippen LogP contribution < -0.4 is 4.90 Å². The Bertz CT molecular complexity index is 670. The third-order valence-corrected chi connectivity index (χ3v) is 3.14. The minimum absolute atomic E-state index is 0.0826. The highest BCUT2D eigenvalue weighted by Gasteiger charge is 2.29. The van der Waals surface area contributed by atoms with Gasteiger partial charge in [0.15, 0.2) is 11.5 Å². The summed E-state index contributed by atoms with van der Waals surface area (Å²) >= 11 is 0. The van der Waals surface area contributed by atoms with Gasteiger partial charge >= 0.3 is 12.1 Å². The summed E-state index contributed by atoms with van der Waals surface area (Å²) < 4.78 is 42.1. The lowest BCUT2D eigenvalue weighted by Gasteiger charge is -2.18. The Kier molecular flexibility index (Phi) is 4.83. The van der Waals surface area contributed by atoms with Gasteiger partial charge in [-0.3, -0.25) is 0 Å². The molecule has 5 nitrogen and oxygen atoms in total. The lowest BCUT2D eigenvalue weighted by Crippen LogP contribution is -2.19. The molecule has 0 fully saturated rings. The van der Waals surface area contributed by atoms with Gasteiger partial charge in [0.25, 0.3) is 0 Å². The molecule has 0 radical (unpaired) electrons. The Morgan fingerprint density at radius 3 is 2.26 bits per heavy atom. The van der Waals surface area contributed by atoms with Crippen molar-refractivity contribution in [1.29, 1.82) is 0 Å². The number of carbonyl (C=O) groups is 1. The van der Waals surface area contributed by atoms with Crippen LogP contribution in [0, 0.1) is 0 Å². The summed E-state index contributed by atoms with van der Waals surface area (Å²) in [5, 5.41) is 7.64. The topological polar surface area (TPSA) is 55.3 Å². The minimum atomic E-state index is -4.35. The quantitative estimate of drug-likeness (QED) is 0.809. The van der Waals surface area contributed by atoms with Crippen LogP contribution in [0.25, 0.3) is 0 Å². The molecule has 0 aliphatic carbocycles. The smallest absolute Gasteiger partial charge is 0.416 e. The van der Waals surface area contributed by atoms with Crippen LogP contribution in [-0.4, -0.2) is 30.3 Å². The normalized spacial score (nSPS) is 11.2. The van der Waals surface area contributed by atoms with Gasteiger partial charge in [0, 0.05) is 13.6 Å². The molecule has 1 aromatic carbocycles. The van der Waals surface area contributed by atoms with Gasteiger partial charge in [0.2, 0.25) is 0 Å². The summed E-state index contributed by atoms with van der Waals surface area (Å²) in [5.41, 5.74) is 0.0876. The first kappa shape index (κ1) is 16.7. The number of carbonyl (C=O) groups excluding carboxylic acids is 1. The molecule has 2 rings (SSSR count). The van der Waals surface area contributed by atoms with E-state index in [-0.39, 0.29) is 5.69 Å². The van der Waals surface area contributed by atoms with Crippen LogP contribution in [0.5, 0.6) is 0 Å². The second-order valence-electron chi connectivity index (χ2n) is 4.82. The molecule has 23 heavy (non-hydrogen) atoms. The van der Waals surface area contributed by atoms with Crippen molar-refractivity contribution >= 4 is 11.8 Å². The van der Waals surface area contributed by atoms with E-state index in [0.29, 0.717) is 17.9 Å². The van der Waals surface area contributed by atoms with Gasteiger partial charge in [0.05, 0.1) is 12.7 Å². The summed E-state index contributed by atoms with van der Waals surface area (Å²) in [6.45, 7) is 0.352. The fraction of sp³-hybridized carbons (Fsp3) is 0.267. The predicted octanol–water partition coefficient (Wildman–Crippen LogP) is 2.92. The van der Waals surface area contributed by atoms with Crippen LogP contribution >= 0.6 is 0 Å². The van der Waals surface area contributed by atoms with E-state index >= 15 is 0 Å². The second-order valence-corrected chi connectivity index (χ2v) is 4.82. The van der Waals surface area contributed by atoms with E-state index in [1.165, 1.54) is 25.3 Å². The predicted molar refractivity (Wildman–Crippen MR) is 76.9 cm³/mol. The Morgan fingerprint density at radius 1 is 1.13 bits per heavy atom. The maximum Gasteiger partial charge on any atom is 0.416 e. The molecule has 0 aliphatic heterocycles. The molecule has 0 aliphatic rings. The average molecular weight is 325 g/mol. The summed E-state index contributed by atoms with van der Waals surface area (Å²) in [6, 6.07) is 7.95. The highest BCUT2D eigenvalue weighted by molar-refractivity contribution is 5.86. The fourth-order valence-corrected chi connectivity index (χ4v) is 1.90. The van der Waals surface area contributed by atoms with Gasteiger partial charge in [-0.1, -0.05) is 12.1 Å². The standard InChI is InChI=1S/C15H14F3N3O2/c1-21(13-8-7-12(19-20-13)14(22)23-2)9-10-3-5-11(6-4-10)15(16,17)18/h3-8H,9H2,1-2H3. The van der Waals surface area contributed by atoms with Gasteiger partial charge in [-0.15, -0.1) is 10.2 Å². The van der Waals surface area contributed by atoms with Crippen molar-refractivity contribution in [1.82, 2.24) is 10.2 Å². The number of anilines is 1. The number of halogens is 3. The number of aromatic nitrogens is 2. The first-order valence-electron chi connectivity index (χ1n) is 6.60. The van der Waals surface area contributed by atoms with E-state index in [1.807, 2.05) is 0 Å². The number of rotatable bonds is 4. The molecule has 122 valence electrons. The van der Waals surface area contributed by atoms with Crippen molar-refractivity contribution < 1.29 is 22.7 Å². The van der Waals surface area contributed by atoms with E-state index < -0.39 is 17.7 Å². The molecule has 0 saturated carbocycles. The fourth-order valence-electron chi connectivity index (χ4n) is 1.90. The molecule has 0 atom stereocenters. The highest BCUT2D eigenvalue weighted by atomic mass is 19.4. The van der Waals surface area contributed by atoms with E-state index in [1.54, 1.807) is 18.0 Å². The molecule has 1 aromatic heterocycles. The van der Waals surface area contributed by atoms with Gasteiger partial charge < -0.3 is 9.64 Å². The number of ether oxygens (including phenoxy) is 1. The van der Waals surface area contributed by atoms with Crippen molar-refractivity contribution in [2.24, 2.45) is 0 Å². The van der Waals surface area contributed by atoms with Crippen molar-refractivity contribution in [3.05, 3.63) is 53.2 Å². The van der Waals surface area contributed by atoms with Gasteiger partial charge in [-0.2, -0.15) is 13.2 Å². The van der Waals surface area contributed by atoms with E-state index in [9.17, 15) is 18.0 Å². The molecule has 0 saturated heterocycles. The zero-order valence-electron chi connectivity index (χ0n) is 12.5. The lowest BCUT2D eigenvalue weighted by molar-refractivity contribution is -0.137. The third-order valence-electron chi connectivity index (χ3n) is 3.14. The maximum atomic E-state index is 12.5. The molecule has 0 amide bonds. The van der Waals surface area contributed by atoms with Crippen LogP contribution in [0.4, 0.5) is 19.0 Å². The number of methoxy groups -OCH3 is 1. The first-order valence-corrected chi connectivity index (χ1v) is 6.60. The first-order chi connectivity index (χ1) is 10.8. The van der Waals surface area contributed by atoms with Crippen LogP contribution in [0.15, 0.2) is 36.4 Å². The molecule has 0 spiro atoms. The van der Waals surface area contributed by atoms with Gasteiger partial charge in [-0.05, 0) is 29.8 Å². The average Bonchev–Trinajstić information content (AvgIpc) is 2.54. The molecule has 0 unspecified atom stereocenters. The SMILES string of the molecule is COC(=O)c1ccc(N(C)Cc2ccc(C(F)(F)F)cc2)nn1. The van der Waals surface area contributed by atoms with Crippen LogP contribution in [0.3, 0.4) is 0 Å². The maximum absolute atomic E-state index is 12.5. The molecule has 0 N–H and O–H groups in total. The third kappa shape index (κ3) is 4.18. The molecular formula is C15H14F3N3O2. The number of hydrogen-bond acceptors (Lipinski definition) is 5. The van der Waals surface area contributed by atoms with Crippen LogP contribution in [0.2, 0.25) is 0 Å². The van der Waals surface area contributed by atoms with Gasteiger partial charge in [-0.25, -0.2) is 4.79 Å². The van der Waals surface area contributed by atoms with Crippen molar-refractivity contribution in [3.63, 3.8) is 0 Å². The summed E-state index contributed by atoms with van der Waals surface area (Å²) in [4.78, 5) is 13.0. The number of benzene rings is 1. The summed E-state index contributed by atoms with van der Waals surface area (Å²) in [7, 11) is 2.97. The Labute approximate surface area is 130 Å². The summed E-state index contributed by atoms with van der Waals surface area (Å²) in [5.74, 6) is -0.105. The number of nitrogens with zero attached hydrogens (tertiary/aromatic N) is 3. The molecule has 0 bridgehead atoms. The number of alkyl halides is 3. The minimum Gasteiger partial charge on any atom is -0.464 e. The van der Waals surface area contributed by atoms with Crippen molar-refractivity contribution in [3.8, 4) is 0 Å². The van der Waals surface area contributed by atoms with Crippen LogP contribution in [-0.2, 0) is 17.5 Å². The molecule has 2 aromatic rings. The van der Waals surface area contributed by atoms with Crippen molar-refractivity contribution in [2.45, 2.75) is 12.7 Å². The number of esters is 1. The highest BCUT2D eigenvalue weighted by Crippen LogP contribution is 2.29. The van der Waals surface area contributed by atoms with E-state index in [2.05, 4.69) is 14.9 Å². The second kappa shape index (κ2) is 6.64. The molecular weight excluding hydrogens is 311 g/mol. The zero-order valence-corrected chi connectivity index (χ0v) is 12.5. The Hall–Kier alpha value is -2.64. The Balaban J connectivity index is 2.06. The van der Waals surface area contributed by atoms with E-state index in [0.717, 1.165) is 12.1 Å². The monoisotopic (exact) mass is 325 g/mol. The zero-order chi connectivity index (χ0) is 17.0. The largest absolute Gasteiger partial charge is 0.464 e. The number of hydrogen-bond donors (Lipinski definition) is 0. The van der Waals surface area contributed by atoms with Crippen molar-refractivity contribution in [2.75, 3.05) is 19.1 Å². The lowest BCUT2D eigenvalue weighted by atomic mass is 10.1. The molecule has 8 heteroatoms. The van der Waals surface area contributed by atoms with Crippen LogP contribution in [0.1, 0.15) is 21.6 Å². The summed E-state index contributed by atoms with van der Waals surface area (Å²) in [6.07, 6.45) is -4.35. The van der Waals surface area contributed by atoms with E-state index in [4.69, 9.17) is 0 Å². The Morgan fingerprint density at radius 2 is 1.78 bits per heavy atom. The van der Waals surface area contributed by atoms with Gasteiger partial charge in [0.1, 0.15) is 0 Å².